The van der Waals surface area contributed by atoms with Crippen molar-refractivity contribution in [1.82, 2.24) is 4.90 Å². The minimum atomic E-state index is -0.745. The molecule has 1 saturated heterocycles. The second-order valence-electron chi connectivity index (χ2n) is 6.35. The molecule has 0 spiro atoms. The molecule has 2 fully saturated rings. The lowest BCUT2D eigenvalue weighted by molar-refractivity contribution is -0.142. The van der Waals surface area contributed by atoms with Gasteiger partial charge in [-0.3, -0.25) is 9.59 Å². The van der Waals surface area contributed by atoms with E-state index in [0.29, 0.717) is 6.54 Å². The van der Waals surface area contributed by atoms with E-state index in [1.807, 2.05) is 4.90 Å². The summed E-state index contributed by atoms with van der Waals surface area (Å²) in [5.74, 6) is 0.635. The largest absolute Gasteiger partial charge is 0.481 e. The molecule has 0 aromatic carbocycles. The zero-order valence-electron chi connectivity index (χ0n) is 11.8. The van der Waals surface area contributed by atoms with Crippen molar-refractivity contribution in [3.63, 3.8) is 0 Å². The summed E-state index contributed by atoms with van der Waals surface area (Å²) < 4.78 is 0. The van der Waals surface area contributed by atoms with Crippen LogP contribution in [-0.4, -0.2) is 35.0 Å². The number of carboxylic acids is 1. The van der Waals surface area contributed by atoms with Gasteiger partial charge in [0.05, 0.1) is 0 Å². The fraction of sp³-hybridized carbons (Fsp3) is 0.867. The molecule has 1 atom stereocenters. The first-order valence-electron chi connectivity index (χ1n) is 7.57. The van der Waals surface area contributed by atoms with E-state index < -0.39 is 5.97 Å². The van der Waals surface area contributed by atoms with Crippen LogP contribution < -0.4 is 0 Å². The predicted molar refractivity (Wildman–Crippen MR) is 72.7 cm³/mol. The molecule has 0 radical (unpaired) electrons. The summed E-state index contributed by atoms with van der Waals surface area (Å²) in [4.78, 5) is 25.2. The zero-order chi connectivity index (χ0) is 13.8. The van der Waals surface area contributed by atoms with E-state index in [2.05, 4.69) is 6.92 Å². The number of nitrogens with zero attached hydrogens (tertiary/aromatic N) is 1. The molecule has 1 saturated carbocycles. The molecule has 1 N–H and O–H groups in total. The van der Waals surface area contributed by atoms with Gasteiger partial charge in [-0.1, -0.05) is 6.92 Å². The van der Waals surface area contributed by atoms with Gasteiger partial charge in [0, 0.05) is 25.4 Å². The first-order valence-corrected chi connectivity index (χ1v) is 7.57. The Morgan fingerprint density at radius 1 is 1.16 bits per heavy atom. The number of carboxylic acid groups (broad SMARTS) is 1. The minimum absolute atomic E-state index is 0.151. The molecule has 2 rings (SSSR count). The second kappa shape index (κ2) is 6.40. The van der Waals surface area contributed by atoms with Crippen molar-refractivity contribution in [3.8, 4) is 0 Å². The van der Waals surface area contributed by atoms with E-state index >= 15 is 0 Å². The minimum Gasteiger partial charge on any atom is -0.481 e. The molecular formula is C15H25NO3. The zero-order valence-corrected chi connectivity index (χ0v) is 11.8. The highest BCUT2D eigenvalue weighted by atomic mass is 16.4. The third-order valence-electron chi connectivity index (χ3n) is 4.66. The van der Waals surface area contributed by atoms with Gasteiger partial charge in [-0.25, -0.2) is 0 Å². The molecule has 0 aromatic rings. The van der Waals surface area contributed by atoms with Gasteiger partial charge in [0.2, 0.25) is 5.91 Å². The number of hydrogen-bond acceptors (Lipinski definition) is 2. The Kier molecular flexibility index (Phi) is 4.83. The maximum atomic E-state index is 12.5. The number of rotatable bonds is 3. The summed E-state index contributed by atoms with van der Waals surface area (Å²) >= 11 is 0. The lowest BCUT2D eigenvalue weighted by Crippen LogP contribution is -2.44. The number of carbonyl (C=O) groups excluding carboxylic acids is 1. The van der Waals surface area contributed by atoms with E-state index in [9.17, 15) is 9.59 Å². The van der Waals surface area contributed by atoms with Crippen molar-refractivity contribution in [2.24, 2.45) is 17.8 Å². The Balaban J connectivity index is 1.86. The van der Waals surface area contributed by atoms with E-state index in [0.717, 1.165) is 51.0 Å². The topological polar surface area (TPSA) is 57.6 Å². The molecule has 1 unspecified atom stereocenters. The Hall–Kier alpha value is -1.06. The Labute approximate surface area is 115 Å². The smallest absolute Gasteiger partial charge is 0.303 e. The van der Waals surface area contributed by atoms with Gasteiger partial charge in [0.15, 0.2) is 0 Å². The molecule has 0 aromatic heterocycles. The third-order valence-corrected chi connectivity index (χ3v) is 4.66. The van der Waals surface area contributed by atoms with Gasteiger partial charge in [-0.15, -0.1) is 0 Å². The maximum absolute atomic E-state index is 12.5. The summed E-state index contributed by atoms with van der Waals surface area (Å²) in [7, 11) is 0. The van der Waals surface area contributed by atoms with Crippen LogP contribution in [0.2, 0.25) is 0 Å². The Bertz CT molecular complexity index is 334. The summed E-state index contributed by atoms with van der Waals surface area (Å²) in [5.41, 5.74) is 0. The number of hydrogen-bond donors (Lipinski definition) is 1. The lowest BCUT2D eigenvalue weighted by atomic mass is 9.82. The van der Waals surface area contributed by atoms with Crippen LogP contribution in [0.4, 0.5) is 0 Å². The van der Waals surface area contributed by atoms with Gasteiger partial charge >= 0.3 is 5.97 Å². The maximum Gasteiger partial charge on any atom is 0.303 e. The van der Waals surface area contributed by atoms with Crippen LogP contribution in [-0.2, 0) is 9.59 Å². The van der Waals surface area contributed by atoms with Crippen molar-refractivity contribution in [2.45, 2.75) is 51.9 Å². The molecule has 1 amide bonds. The van der Waals surface area contributed by atoms with Crippen molar-refractivity contribution in [1.29, 1.82) is 0 Å². The highest BCUT2D eigenvalue weighted by molar-refractivity contribution is 5.79. The van der Waals surface area contributed by atoms with Crippen LogP contribution in [0.15, 0.2) is 0 Å². The van der Waals surface area contributed by atoms with Crippen LogP contribution in [0.3, 0.4) is 0 Å². The lowest BCUT2D eigenvalue weighted by Gasteiger charge is -2.36. The molecular weight excluding hydrogens is 242 g/mol. The Morgan fingerprint density at radius 3 is 2.47 bits per heavy atom. The average Bonchev–Trinajstić information content (AvgIpc) is 2.38. The first-order chi connectivity index (χ1) is 9.06. The van der Waals surface area contributed by atoms with Crippen LogP contribution >= 0.6 is 0 Å². The molecule has 1 aliphatic heterocycles. The van der Waals surface area contributed by atoms with Crippen molar-refractivity contribution in [3.05, 3.63) is 0 Å². The number of piperidine rings is 1. The SMILES string of the molecule is CC1CCC(C(=O)N2CCCC(CC(=O)O)C2)CC1. The fourth-order valence-corrected chi connectivity index (χ4v) is 3.44. The van der Waals surface area contributed by atoms with E-state index in [1.54, 1.807) is 0 Å². The van der Waals surface area contributed by atoms with Crippen LogP contribution in [0.1, 0.15) is 51.9 Å². The predicted octanol–water partition coefficient (Wildman–Crippen LogP) is 2.53. The summed E-state index contributed by atoms with van der Waals surface area (Å²) in [6.07, 6.45) is 6.43. The number of carbonyl (C=O) groups is 2. The molecule has 19 heavy (non-hydrogen) atoms. The highest BCUT2D eigenvalue weighted by Gasteiger charge is 2.31. The molecule has 2 aliphatic rings. The van der Waals surface area contributed by atoms with Crippen molar-refractivity contribution in [2.75, 3.05) is 13.1 Å². The molecule has 0 bridgehead atoms. The van der Waals surface area contributed by atoms with Crippen molar-refractivity contribution >= 4 is 11.9 Å². The van der Waals surface area contributed by atoms with E-state index in [1.165, 1.54) is 0 Å². The molecule has 4 heteroatoms. The Morgan fingerprint density at radius 2 is 1.84 bits per heavy atom. The standard InChI is InChI=1S/C15H25NO3/c1-11-4-6-13(7-5-11)15(19)16-8-2-3-12(10-16)9-14(17)18/h11-13H,2-10H2,1H3,(H,17,18). The third kappa shape index (κ3) is 3.95. The van der Waals surface area contributed by atoms with Crippen LogP contribution in [0.25, 0.3) is 0 Å². The van der Waals surface area contributed by atoms with Gasteiger partial charge < -0.3 is 10.0 Å². The van der Waals surface area contributed by atoms with Crippen molar-refractivity contribution < 1.29 is 14.7 Å². The average molecular weight is 267 g/mol. The highest BCUT2D eigenvalue weighted by Crippen LogP contribution is 2.31. The second-order valence-corrected chi connectivity index (χ2v) is 6.35. The first kappa shape index (κ1) is 14.4. The fourth-order valence-electron chi connectivity index (χ4n) is 3.44. The van der Waals surface area contributed by atoms with E-state index in [-0.39, 0.29) is 24.2 Å². The van der Waals surface area contributed by atoms with Gasteiger partial charge in [-0.2, -0.15) is 0 Å². The molecule has 4 nitrogen and oxygen atoms in total. The molecule has 108 valence electrons. The van der Waals surface area contributed by atoms with Crippen LogP contribution in [0.5, 0.6) is 0 Å². The number of aliphatic carboxylic acids is 1. The normalized spacial score (nSPS) is 32.1. The molecule has 1 aliphatic carbocycles. The van der Waals surface area contributed by atoms with Gasteiger partial charge in [0.25, 0.3) is 0 Å². The quantitative estimate of drug-likeness (QED) is 0.855. The van der Waals surface area contributed by atoms with Gasteiger partial charge in [-0.05, 0) is 50.4 Å². The number of likely N-dealkylation sites (tertiary alicyclic amines) is 1. The summed E-state index contributed by atoms with van der Waals surface area (Å²) in [6, 6.07) is 0. The monoisotopic (exact) mass is 267 g/mol. The summed E-state index contributed by atoms with van der Waals surface area (Å²) in [5, 5.41) is 8.87. The van der Waals surface area contributed by atoms with Crippen LogP contribution in [0, 0.1) is 17.8 Å². The van der Waals surface area contributed by atoms with Gasteiger partial charge in [0.1, 0.15) is 0 Å². The molecule has 1 heterocycles. The number of amides is 1. The van der Waals surface area contributed by atoms with E-state index in [4.69, 9.17) is 5.11 Å². The summed E-state index contributed by atoms with van der Waals surface area (Å²) in [6.45, 7) is 3.72.